The standard InChI is InChI=1S/C14H13S/c1-3-7-12(8-4-1)14-11-15(14)13-9-5-2-6-10-13/h1-10,14H,11H2/q+1. The molecule has 0 radical (unpaired) electrons. The molecule has 3 rings (SSSR count). The fourth-order valence-electron chi connectivity index (χ4n) is 1.91. The van der Waals surface area contributed by atoms with Crippen molar-refractivity contribution >= 4 is 10.9 Å². The van der Waals surface area contributed by atoms with E-state index in [4.69, 9.17) is 0 Å². The molecular formula is C14H13S+. The lowest BCUT2D eigenvalue weighted by Gasteiger charge is -1.92. The SMILES string of the molecule is c1ccc(C2C[S+]2c2ccccc2)cc1. The van der Waals surface area contributed by atoms with Gasteiger partial charge >= 0.3 is 0 Å². The molecule has 1 heterocycles. The quantitative estimate of drug-likeness (QED) is 0.529. The van der Waals surface area contributed by atoms with Gasteiger partial charge in [0, 0.05) is 16.5 Å². The van der Waals surface area contributed by atoms with Crippen molar-refractivity contribution in [2.24, 2.45) is 0 Å². The number of benzene rings is 2. The van der Waals surface area contributed by atoms with Crippen LogP contribution >= 0.6 is 0 Å². The van der Waals surface area contributed by atoms with Crippen LogP contribution in [0.4, 0.5) is 0 Å². The summed E-state index contributed by atoms with van der Waals surface area (Å²) in [5, 5.41) is 0.786. The largest absolute Gasteiger partial charge is 0.193 e. The summed E-state index contributed by atoms with van der Waals surface area (Å²) < 4.78 is 0. The molecule has 0 aliphatic carbocycles. The predicted octanol–water partition coefficient (Wildman–Crippen LogP) is 3.42. The van der Waals surface area contributed by atoms with Crippen LogP contribution in [0.3, 0.4) is 0 Å². The topological polar surface area (TPSA) is 0 Å². The van der Waals surface area contributed by atoms with Gasteiger partial charge in [0.25, 0.3) is 0 Å². The van der Waals surface area contributed by atoms with E-state index in [1.54, 1.807) is 0 Å². The molecule has 1 aliphatic heterocycles. The predicted molar refractivity (Wildman–Crippen MR) is 66.1 cm³/mol. The van der Waals surface area contributed by atoms with E-state index >= 15 is 0 Å². The van der Waals surface area contributed by atoms with Crippen LogP contribution in [0.1, 0.15) is 10.8 Å². The summed E-state index contributed by atoms with van der Waals surface area (Å²) in [5.41, 5.74) is 1.50. The molecule has 2 aromatic rings. The van der Waals surface area contributed by atoms with Crippen molar-refractivity contribution < 1.29 is 0 Å². The van der Waals surface area contributed by atoms with Crippen molar-refractivity contribution in [3.63, 3.8) is 0 Å². The van der Waals surface area contributed by atoms with Crippen LogP contribution in [0.15, 0.2) is 65.6 Å². The van der Waals surface area contributed by atoms with Crippen LogP contribution < -0.4 is 0 Å². The Bertz CT molecular complexity index is 392. The highest BCUT2D eigenvalue weighted by Gasteiger charge is 2.52. The maximum absolute atomic E-state index is 2.26. The van der Waals surface area contributed by atoms with Gasteiger partial charge in [0.1, 0.15) is 0 Å². The summed E-state index contributed by atoms with van der Waals surface area (Å²) in [7, 11) is 0.482. The smallest absolute Gasteiger partial charge is 0.0622 e. The van der Waals surface area contributed by atoms with Gasteiger partial charge in [0.05, 0.1) is 0 Å². The van der Waals surface area contributed by atoms with Crippen molar-refractivity contribution in [2.45, 2.75) is 10.1 Å². The summed E-state index contributed by atoms with van der Waals surface area (Å²) in [4.78, 5) is 1.52. The Hall–Kier alpha value is -1.21. The van der Waals surface area contributed by atoms with Gasteiger partial charge in [-0.15, -0.1) is 0 Å². The maximum atomic E-state index is 2.26. The molecule has 2 unspecified atom stereocenters. The third-order valence-corrected chi connectivity index (χ3v) is 5.04. The zero-order chi connectivity index (χ0) is 10.1. The highest BCUT2D eigenvalue weighted by molar-refractivity contribution is 8.03. The summed E-state index contributed by atoms with van der Waals surface area (Å²) in [5.74, 6) is 1.34. The molecule has 0 bridgehead atoms. The Morgan fingerprint density at radius 2 is 1.40 bits per heavy atom. The first-order valence-corrected chi connectivity index (χ1v) is 6.70. The van der Waals surface area contributed by atoms with E-state index < -0.39 is 0 Å². The lowest BCUT2D eigenvalue weighted by atomic mass is 10.2. The molecule has 2 aromatic carbocycles. The Labute approximate surface area is 93.3 Å². The lowest BCUT2D eigenvalue weighted by molar-refractivity contribution is 1.23. The lowest BCUT2D eigenvalue weighted by Crippen LogP contribution is -1.84. The molecule has 0 aromatic heterocycles. The van der Waals surface area contributed by atoms with Gasteiger partial charge in [-0.05, 0) is 12.1 Å². The van der Waals surface area contributed by atoms with E-state index in [0.717, 1.165) is 5.25 Å². The van der Waals surface area contributed by atoms with Gasteiger partial charge in [-0.25, -0.2) is 0 Å². The zero-order valence-electron chi connectivity index (χ0n) is 8.47. The van der Waals surface area contributed by atoms with Crippen molar-refractivity contribution in [1.82, 2.24) is 0 Å². The minimum atomic E-state index is 0.482. The van der Waals surface area contributed by atoms with E-state index in [1.165, 1.54) is 16.2 Å². The third-order valence-electron chi connectivity index (χ3n) is 2.78. The van der Waals surface area contributed by atoms with Crippen LogP contribution in [-0.4, -0.2) is 5.75 Å². The van der Waals surface area contributed by atoms with Gasteiger partial charge in [0.2, 0.25) is 0 Å². The van der Waals surface area contributed by atoms with Crippen LogP contribution in [0, 0.1) is 0 Å². The molecule has 0 nitrogen and oxygen atoms in total. The molecule has 0 saturated carbocycles. The molecule has 1 saturated heterocycles. The fourth-order valence-corrected chi connectivity index (χ4v) is 4.07. The van der Waals surface area contributed by atoms with Gasteiger partial charge < -0.3 is 0 Å². The summed E-state index contributed by atoms with van der Waals surface area (Å²) in [6.45, 7) is 0. The zero-order valence-corrected chi connectivity index (χ0v) is 9.28. The molecule has 74 valence electrons. The second kappa shape index (κ2) is 3.74. The fraction of sp³-hybridized carbons (Fsp3) is 0.143. The Morgan fingerprint density at radius 3 is 2.07 bits per heavy atom. The molecule has 0 amide bonds. The van der Waals surface area contributed by atoms with Gasteiger partial charge in [-0.2, -0.15) is 0 Å². The highest BCUT2D eigenvalue weighted by atomic mass is 32.2. The van der Waals surface area contributed by atoms with Crippen LogP contribution in [0.2, 0.25) is 0 Å². The summed E-state index contributed by atoms with van der Waals surface area (Å²) in [6.07, 6.45) is 0. The van der Waals surface area contributed by atoms with Crippen LogP contribution in [0.5, 0.6) is 0 Å². The van der Waals surface area contributed by atoms with E-state index in [9.17, 15) is 0 Å². The minimum Gasteiger partial charge on any atom is -0.0622 e. The van der Waals surface area contributed by atoms with Gasteiger partial charge in [-0.1, -0.05) is 48.5 Å². The van der Waals surface area contributed by atoms with Crippen molar-refractivity contribution in [3.05, 3.63) is 66.2 Å². The van der Waals surface area contributed by atoms with Crippen LogP contribution in [0.25, 0.3) is 0 Å². The molecule has 1 fully saturated rings. The normalized spacial score (nSPS) is 23.7. The first-order chi connectivity index (χ1) is 7.45. The maximum Gasteiger partial charge on any atom is 0.193 e. The van der Waals surface area contributed by atoms with Gasteiger partial charge in [0.15, 0.2) is 15.9 Å². The molecule has 1 heteroatoms. The Morgan fingerprint density at radius 1 is 0.800 bits per heavy atom. The summed E-state index contributed by atoms with van der Waals surface area (Å²) >= 11 is 0. The average molecular weight is 213 g/mol. The monoisotopic (exact) mass is 213 g/mol. The van der Waals surface area contributed by atoms with Gasteiger partial charge in [-0.3, -0.25) is 0 Å². The molecule has 1 aliphatic rings. The number of hydrogen-bond donors (Lipinski definition) is 0. The minimum absolute atomic E-state index is 0.482. The molecule has 2 atom stereocenters. The molecule has 0 N–H and O–H groups in total. The van der Waals surface area contributed by atoms with Crippen molar-refractivity contribution in [1.29, 1.82) is 0 Å². The first kappa shape index (κ1) is 9.05. The Kier molecular flexibility index (Phi) is 2.26. The molecular weight excluding hydrogens is 200 g/mol. The van der Waals surface area contributed by atoms with Crippen molar-refractivity contribution in [2.75, 3.05) is 5.75 Å². The third kappa shape index (κ3) is 1.80. The number of rotatable bonds is 2. The van der Waals surface area contributed by atoms with E-state index in [-0.39, 0.29) is 0 Å². The van der Waals surface area contributed by atoms with Crippen molar-refractivity contribution in [3.8, 4) is 0 Å². The van der Waals surface area contributed by atoms with E-state index in [1.807, 2.05) is 0 Å². The number of hydrogen-bond acceptors (Lipinski definition) is 0. The molecule has 0 spiro atoms. The average Bonchev–Trinajstić information content (AvgIpc) is 3.11. The van der Waals surface area contributed by atoms with E-state index in [2.05, 4.69) is 60.7 Å². The second-order valence-corrected chi connectivity index (χ2v) is 6.04. The highest BCUT2D eigenvalue weighted by Crippen LogP contribution is 2.45. The van der Waals surface area contributed by atoms with E-state index in [0.29, 0.717) is 10.9 Å². The first-order valence-electron chi connectivity index (χ1n) is 5.25. The second-order valence-electron chi connectivity index (χ2n) is 3.81. The van der Waals surface area contributed by atoms with Crippen LogP contribution in [-0.2, 0) is 10.9 Å². The summed E-state index contributed by atoms with van der Waals surface area (Å²) in [6, 6.07) is 21.8. The Balaban J connectivity index is 1.81. The molecule has 15 heavy (non-hydrogen) atoms.